The van der Waals surface area contributed by atoms with Crippen molar-refractivity contribution >= 4 is 39.5 Å². The molecule has 0 radical (unpaired) electrons. The lowest BCUT2D eigenvalue weighted by Gasteiger charge is -2.21. The first-order valence-electron chi connectivity index (χ1n) is 38.9. The van der Waals surface area contributed by atoms with Gasteiger partial charge in [0.15, 0.2) is 12.2 Å². The predicted molar refractivity (Wildman–Crippen MR) is 381 cm³/mol. The minimum Gasteiger partial charge on any atom is -0.462 e. The molecule has 19 heteroatoms. The van der Waals surface area contributed by atoms with Crippen molar-refractivity contribution < 1.29 is 80.2 Å². The van der Waals surface area contributed by atoms with Gasteiger partial charge in [0.05, 0.1) is 26.4 Å². The molecule has 17 nitrogen and oxygen atoms in total. The number of hydrogen-bond acceptors (Lipinski definition) is 15. The summed E-state index contributed by atoms with van der Waals surface area (Å²) in [7, 11) is -9.90. The lowest BCUT2D eigenvalue weighted by atomic mass is 9.99. The third kappa shape index (κ3) is 67.3. The summed E-state index contributed by atoms with van der Waals surface area (Å²) in [4.78, 5) is 72.6. The van der Waals surface area contributed by atoms with Crippen molar-refractivity contribution in [3.05, 3.63) is 0 Å². The molecule has 0 aromatic heterocycles. The zero-order valence-electron chi connectivity index (χ0n) is 61.4. The Morgan fingerprint density at radius 1 is 0.309 bits per heavy atom. The van der Waals surface area contributed by atoms with E-state index in [0.717, 1.165) is 102 Å². The first kappa shape index (κ1) is 92.1. The molecule has 0 amide bonds. The fourth-order valence-corrected chi connectivity index (χ4v) is 13.0. The Morgan fingerprint density at radius 2 is 0.543 bits per heavy atom. The number of unbranched alkanes of at least 4 members (excludes halogenated alkanes) is 40. The number of aliphatic hydroxyl groups is 1. The van der Waals surface area contributed by atoms with Crippen molar-refractivity contribution in [1.29, 1.82) is 0 Å². The second kappa shape index (κ2) is 65.7. The normalized spacial score (nSPS) is 14.4. The molecule has 0 rings (SSSR count). The van der Waals surface area contributed by atoms with E-state index in [1.165, 1.54) is 193 Å². The molecule has 0 bridgehead atoms. The van der Waals surface area contributed by atoms with Gasteiger partial charge in [-0.3, -0.25) is 37.3 Å². The van der Waals surface area contributed by atoms with Gasteiger partial charge in [-0.2, -0.15) is 0 Å². The van der Waals surface area contributed by atoms with Gasteiger partial charge in [0.1, 0.15) is 19.3 Å². The van der Waals surface area contributed by atoms with Gasteiger partial charge in [0.2, 0.25) is 0 Å². The van der Waals surface area contributed by atoms with Crippen molar-refractivity contribution in [2.24, 2.45) is 17.8 Å². The van der Waals surface area contributed by atoms with Gasteiger partial charge in [0.25, 0.3) is 0 Å². The predicted octanol–water partition coefficient (Wildman–Crippen LogP) is 21.8. The van der Waals surface area contributed by atoms with Crippen molar-refractivity contribution in [2.45, 2.75) is 401 Å². The summed E-state index contributed by atoms with van der Waals surface area (Å²) in [5.74, 6) is 0.186. The highest BCUT2D eigenvalue weighted by atomic mass is 31.2. The van der Waals surface area contributed by atoms with Crippen molar-refractivity contribution in [3.8, 4) is 0 Å². The fraction of sp³-hybridized carbons (Fsp3) is 0.947. The number of phosphoric acid groups is 2. The molecule has 0 saturated carbocycles. The van der Waals surface area contributed by atoms with Crippen molar-refractivity contribution in [3.63, 3.8) is 0 Å². The van der Waals surface area contributed by atoms with Gasteiger partial charge in [-0.25, -0.2) is 9.13 Å². The number of ether oxygens (including phenoxy) is 4. The molecule has 0 fully saturated rings. The first-order valence-corrected chi connectivity index (χ1v) is 41.9. The van der Waals surface area contributed by atoms with Crippen LogP contribution in [0.25, 0.3) is 0 Å². The van der Waals surface area contributed by atoms with Crippen LogP contribution in [0.15, 0.2) is 0 Å². The van der Waals surface area contributed by atoms with E-state index in [1.807, 2.05) is 0 Å². The molecule has 0 aromatic carbocycles. The highest BCUT2D eigenvalue weighted by Gasteiger charge is 2.30. The zero-order valence-corrected chi connectivity index (χ0v) is 63.2. The molecule has 0 aliphatic rings. The van der Waals surface area contributed by atoms with E-state index in [-0.39, 0.29) is 25.7 Å². The summed E-state index contributed by atoms with van der Waals surface area (Å²) in [6.07, 6.45) is 51.6. The van der Waals surface area contributed by atoms with E-state index in [4.69, 9.17) is 37.0 Å². The van der Waals surface area contributed by atoms with E-state index < -0.39 is 97.5 Å². The van der Waals surface area contributed by atoms with Crippen LogP contribution in [0.4, 0.5) is 0 Å². The lowest BCUT2D eigenvalue weighted by molar-refractivity contribution is -0.161. The van der Waals surface area contributed by atoms with Gasteiger partial charge in [0, 0.05) is 25.7 Å². The lowest BCUT2D eigenvalue weighted by Crippen LogP contribution is -2.30. The van der Waals surface area contributed by atoms with E-state index >= 15 is 0 Å². The Bertz CT molecular complexity index is 1840. The maximum Gasteiger partial charge on any atom is 0.472 e. The van der Waals surface area contributed by atoms with Crippen molar-refractivity contribution in [1.82, 2.24) is 0 Å². The molecule has 0 heterocycles. The monoisotopic (exact) mass is 1380 g/mol. The largest absolute Gasteiger partial charge is 0.472 e. The van der Waals surface area contributed by atoms with Crippen molar-refractivity contribution in [2.75, 3.05) is 39.6 Å². The molecule has 0 aliphatic carbocycles. The third-order valence-electron chi connectivity index (χ3n) is 17.7. The molecular weight excluding hydrogens is 1230 g/mol. The Hall–Kier alpha value is -1.94. The number of carbonyl (C=O) groups excluding carboxylic acids is 4. The minimum absolute atomic E-state index is 0.102. The number of carbonyl (C=O) groups is 4. The van der Waals surface area contributed by atoms with E-state index in [2.05, 4.69) is 48.5 Å². The topological polar surface area (TPSA) is 237 Å². The molecule has 0 saturated heterocycles. The molecule has 0 aromatic rings. The highest BCUT2D eigenvalue weighted by molar-refractivity contribution is 7.47. The van der Waals surface area contributed by atoms with Gasteiger partial charge in [-0.15, -0.1) is 0 Å². The summed E-state index contributed by atoms with van der Waals surface area (Å²) in [6, 6.07) is 0. The number of esters is 4. The van der Waals surface area contributed by atoms with Crippen LogP contribution in [0, 0.1) is 17.8 Å². The number of rotatable bonds is 73. The van der Waals surface area contributed by atoms with E-state index in [0.29, 0.717) is 31.6 Å². The number of aliphatic hydroxyl groups excluding tert-OH is 1. The van der Waals surface area contributed by atoms with E-state index in [1.54, 1.807) is 0 Å². The molecule has 6 atom stereocenters. The van der Waals surface area contributed by atoms with Crippen LogP contribution >= 0.6 is 15.6 Å². The molecule has 0 aliphatic heterocycles. The van der Waals surface area contributed by atoms with Crippen LogP contribution in [-0.4, -0.2) is 96.7 Å². The van der Waals surface area contributed by atoms with Crippen LogP contribution in [0.5, 0.6) is 0 Å². The standard InChI is InChI=1S/C75H146O17P2/c1-8-10-11-12-13-27-34-42-49-56-72(77)85-63-71(92-75(80)59-52-45-38-37-40-47-54-67(5)6)65-90-94(83,84)88-61-69(76)60-87-93(81,82)89-64-70(62-86-73(78)57-50-43-35-30-26-22-23-28-32-39-46-53-66(3)4)91-74(79)58-51-44-36-31-25-21-19-17-15-14-16-18-20-24-29-33-41-48-55-68(7)9-2/h66-71,76H,8-65H2,1-7H3,(H,81,82)(H,83,84)/t68?,69-,70-,71-/m1/s1. The Labute approximate surface area is 575 Å². The van der Waals surface area contributed by atoms with Gasteiger partial charge in [-0.1, -0.05) is 331 Å². The summed E-state index contributed by atoms with van der Waals surface area (Å²) >= 11 is 0. The first-order chi connectivity index (χ1) is 45.3. The molecule has 3 unspecified atom stereocenters. The van der Waals surface area contributed by atoms with E-state index in [9.17, 15) is 43.2 Å². The summed E-state index contributed by atoms with van der Waals surface area (Å²) in [5.41, 5.74) is 0. The molecule has 0 spiro atoms. The average Bonchev–Trinajstić information content (AvgIpc) is 1.44. The molecule has 94 heavy (non-hydrogen) atoms. The Balaban J connectivity index is 5.16. The van der Waals surface area contributed by atoms with Crippen LogP contribution in [0.1, 0.15) is 382 Å². The number of hydrogen-bond donors (Lipinski definition) is 3. The van der Waals surface area contributed by atoms with Gasteiger partial charge in [-0.05, 0) is 43.4 Å². The quantitative estimate of drug-likeness (QED) is 0.0222. The Kier molecular flexibility index (Phi) is 64.3. The van der Waals surface area contributed by atoms with Gasteiger partial charge >= 0.3 is 39.5 Å². The van der Waals surface area contributed by atoms with Crippen LogP contribution in [-0.2, 0) is 65.4 Å². The SMILES string of the molecule is CCCCCCCCCCCC(=O)OC[C@H](COP(=O)(O)OC[C@H](O)COP(=O)(O)OC[C@@H](COC(=O)CCCCCCCCCCCCCC(C)C)OC(=O)CCCCCCCCCCCCCCCCCCCCC(C)CC)OC(=O)CCCCCCCCC(C)C. The third-order valence-corrected chi connectivity index (χ3v) is 19.6. The fourth-order valence-electron chi connectivity index (χ4n) is 11.4. The van der Waals surface area contributed by atoms with Crippen LogP contribution < -0.4 is 0 Å². The summed E-state index contributed by atoms with van der Waals surface area (Å²) < 4.78 is 68.3. The average molecular weight is 1380 g/mol. The second-order valence-corrected chi connectivity index (χ2v) is 31.1. The maximum absolute atomic E-state index is 13.1. The molecular formula is C75H146O17P2. The molecule has 3 N–H and O–H groups in total. The minimum atomic E-state index is -4.96. The highest BCUT2D eigenvalue weighted by Crippen LogP contribution is 2.45. The van der Waals surface area contributed by atoms with Crippen LogP contribution in [0.2, 0.25) is 0 Å². The van der Waals surface area contributed by atoms with Crippen LogP contribution in [0.3, 0.4) is 0 Å². The summed E-state index contributed by atoms with van der Waals surface area (Å²) in [5, 5.41) is 10.6. The maximum atomic E-state index is 13.1. The zero-order chi connectivity index (χ0) is 69.4. The second-order valence-electron chi connectivity index (χ2n) is 28.2. The molecule has 558 valence electrons. The number of phosphoric ester groups is 2. The Morgan fingerprint density at radius 3 is 0.809 bits per heavy atom. The van der Waals surface area contributed by atoms with Gasteiger partial charge < -0.3 is 33.8 Å². The summed E-state index contributed by atoms with van der Waals surface area (Å²) in [6.45, 7) is 11.8. The smallest absolute Gasteiger partial charge is 0.462 e.